The number of hydrogen-bond donors (Lipinski definition) is 4. The number of amides is 2. The number of rotatable bonds is 9. The molecular weight excluding hydrogens is 473 g/mol. The van der Waals surface area contributed by atoms with Crippen LogP contribution in [-0.4, -0.2) is 55.2 Å². The van der Waals surface area contributed by atoms with Crippen LogP contribution in [0.15, 0.2) is 42.6 Å². The Kier molecular flexibility index (Phi) is 8.17. The predicted octanol–water partition coefficient (Wildman–Crippen LogP) is 1.88. The summed E-state index contributed by atoms with van der Waals surface area (Å²) in [5, 5.41) is 5.08. The molecule has 0 fully saturated rings. The van der Waals surface area contributed by atoms with E-state index in [1.807, 2.05) is 0 Å². The van der Waals surface area contributed by atoms with E-state index >= 15 is 0 Å². The Morgan fingerprint density at radius 2 is 1.76 bits per heavy atom. The highest BCUT2D eigenvalue weighted by atomic mass is 32.2. The number of fused-ring (bicyclic) bond motifs is 1. The Balaban J connectivity index is 1.73. The maximum atomic E-state index is 12.7. The van der Waals surface area contributed by atoms with Gasteiger partial charge in [-0.1, -0.05) is 23.9 Å². The van der Waals surface area contributed by atoms with E-state index in [0.717, 1.165) is 18.0 Å². The van der Waals surface area contributed by atoms with Crippen LogP contribution in [0.5, 0.6) is 11.6 Å². The van der Waals surface area contributed by atoms with Crippen LogP contribution in [0.2, 0.25) is 0 Å². The van der Waals surface area contributed by atoms with E-state index < -0.39 is 13.7 Å². The maximum absolute atomic E-state index is 12.7. The molecule has 174 valence electrons. The third-order valence-corrected chi connectivity index (χ3v) is 4.96. The Morgan fingerprint density at radius 3 is 2.39 bits per heavy atom. The molecule has 14 heteroatoms. The summed E-state index contributed by atoms with van der Waals surface area (Å²) in [6.07, 6.45) is 2.79. The molecule has 0 bridgehead atoms. The molecule has 0 aliphatic rings. The second-order valence-electron chi connectivity index (χ2n) is 6.40. The molecule has 2 heterocycles. The first kappa shape index (κ1) is 24.4. The minimum atomic E-state index is -4.68. The molecule has 0 saturated heterocycles. The molecule has 2 amide bonds. The van der Waals surface area contributed by atoms with Crippen molar-refractivity contribution in [3.05, 3.63) is 54.0 Å². The molecule has 3 aromatic rings. The number of hydrogen-bond acceptors (Lipinski definition) is 9. The molecule has 33 heavy (non-hydrogen) atoms. The number of carbonyl (C=O) groups is 2. The summed E-state index contributed by atoms with van der Waals surface area (Å²) in [5.41, 5.74) is 1.39. The molecule has 12 nitrogen and oxygen atoms in total. The van der Waals surface area contributed by atoms with E-state index in [2.05, 4.69) is 30.1 Å². The molecule has 0 saturated carbocycles. The van der Waals surface area contributed by atoms with E-state index in [1.54, 1.807) is 30.5 Å². The monoisotopic (exact) mass is 493 g/mol. The van der Waals surface area contributed by atoms with Crippen molar-refractivity contribution in [1.82, 2.24) is 25.6 Å². The number of aromatic nitrogens is 3. The minimum absolute atomic E-state index is 0.0170. The van der Waals surface area contributed by atoms with Crippen molar-refractivity contribution in [1.29, 1.82) is 0 Å². The SMILES string of the molecule is CSC(=O)NCCNC(=O)c1nc2ccccc2nc1OCc1ccc(OP(=O)(O)O)cn1. The first-order chi connectivity index (χ1) is 15.7. The Hall–Kier alpha value is -3.25. The van der Waals surface area contributed by atoms with Crippen LogP contribution < -0.4 is 19.9 Å². The van der Waals surface area contributed by atoms with Gasteiger partial charge in [0.25, 0.3) is 11.1 Å². The number of benzene rings is 1. The molecule has 2 aromatic heterocycles. The lowest BCUT2D eigenvalue weighted by atomic mass is 10.3. The predicted molar refractivity (Wildman–Crippen MR) is 120 cm³/mol. The zero-order chi connectivity index (χ0) is 23.8. The van der Waals surface area contributed by atoms with Crippen LogP contribution >= 0.6 is 19.6 Å². The summed E-state index contributed by atoms with van der Waals surface area (Å²) in [4.78, 5) is 54.4. The number of ether oxygens (including phenoxy) is 1. The lowest BCUT2D eigenvalue weighted by Gasteiger charge is -2.12. The molecule has 4 N–H and O–H groups in total. The third-order valence-electron chi connectivity index (χ3n) is 4.00. The highest BCUT2D eigenvalue weighted by Crippen LogP contribution is 2.37. The van der Waals surface area contributed by atoms with Crippen molar-refractivity contribution >= 4 is 41.8 Å². The highest BCUT2D eigenvalue weighted by molar-refractivity contribution is 8.12. The number of phosphoric acid groups is 1. The van der Waals surface area contributed by atoms with Gasteiger partial charge in [0.2, 0.25) is 5.88 Å². The first-order valence-electron chi connectivity index (χ1n) is 9.45. The Labute approximate surface area is 192 Å². The molecule has 0 atom stereocenters. The highest BCUT2D eigenvalue weighted by Gasteiger charge is 2.19. The fourth-order valence-corrected chi connectivity index (χ4v) is 3.19. The first-order valence-corrected chi connectivity index (χ1v) is 12.2. The van der Waals surface area contributed by atoms with Crippen molar-refractivity contribution in [3.63, 3.8) is 0 Å². The number of pyridine rings is 1. The smallest absolute Gasteiger partial charge is 0.469 e. The summed E-state index contributed by atoms with van der Waals surface area (Å²) < 4.78 is 21.0. The second kappa shape index (κ2) is 11.1. The summed E-state index contributed by atoms with van der Waals surface area (Å²) in [6.45, 7) is 0.338. The van der Waals surface area contributed by atoms with Gasteiger partial charge in [-0.25, -0.2) is 14.5 Å². The van der Waals surface area contributed by atoms with Crippen LogP contribution in [0.25, 0.3) is 11.0 Å². The minimum Gasteiger partial charge on any atom is -0.469 e. The van der Waals surface area contributed by atoms with Crippen molar-refractivity contribution in [2.75, 3.05) is 19.3 Å². The second-order valence-corrected chi connectivity index (χ2v) is 8.34. The quantitative estimate of drug-likeness (QED) is 0.253. The average molecular weight is 493 g/mol. The molecule has 3 rings (SSSR count). The van der Waals surface area contributed by atoms with Crippen LogP contribution in [-0.2, 0) is 11.2 Å². The normalized spacial score (nSPS) is 11.1. The van der Waals surface area contributed by atoms with Gasteiger partial charge in [-0.15, -0.1) is 0 Å². The lowest BCUT2D eigenvalue weighted by molar-refractivity contribution is 0.0943. The Morgan fingerprint density at radius 1 is 1.06 bits per heavy atom. The molecular formula is C19H20N5O7PS. The van der Waals surface area contributed by atoms with Crippen molar-refractivity contribution < 1.29 is 33.2 Å². The van der Waals surface area contributed by atoms with Crippen LogP contribution in [0.1, 0.15) is 16.2 Å². The summed E-state index contributed by atoms with van der Waals surface area (Å²) in [6, 6.07) is 9.75. The van der Waals surface area contributed by atoms with Gasteiger partial charge in [-0.3, -0.25) is 24.4 Å². The average Bonchev–Trinajstić information content (AvgIpc) is 2.79. The summed E-state index contributed by atoms with van der Waals surface area (Å²) in [7, 11) is -4.68. The van der Waals surface area contributed by atoms with Crippen LogP contribution in [0.4, 0.5) is 4.79 Å². The van der Waals surface area contributed by atoms with Crippen LogP contribution in [0.3, 0.4) is 0 Å². The lowest BCUT2D eigenvalue weighted by Crippen LogP contribution is -2.33. The van der Waals surface area contributed by atoms with Gasteiger partial charge in [0.15, 0.2) is 5.69 Å². The Bertz CT molecular complexity index is 1190. The van der Waals surface area contributed by atoms with Gasteiger partial charge >= 0.3 is 7.82 Å². The van der Waals surface area contributed by atoms with E-state index in [1.165, 1.54) is 12.1 Å². The molecule has 0 aliphatic heterocycles. The number of carbonyl (C=O) groups excluding carboxylic acids is 2. The number of phosphoric ester groups is 1. The number of thioether (sulfide) groups is 1. The van der Waals surface area contributed by atoms with Gasteiger partial charge < -0.3 is 19.9 Å². The van der Waals surface area contributed by atoms with Crippen molar-refractivity contribution in [3.8, 4) is 11.6 Å². The molecule has 0 aliphatic carbocycles. The van der Waals surface area contributed by atoms with Crippen molar-refractivity contribution in [2.24, 2.45) is 0 Å². The largest absolute Gasteiger partial charge is 0.524 e. The van der Waals surface area contributed by atoms with Gasteiger partial charge in [0.05, 0.1) is 22.9 Å². The third kappa shape index (κ3) is 7.39. The fourth-order valence-electron chi connectivity index (χ4n) is 2.56. The maximum Gasteiger partial charge on any atom is 0.524 e. The topological polar surface area (TPSA) is 173 Å². The molecule has 0 radical (unpaired) electrons. The van der Waals surface area contributed by atoms with Crippen LogP contribution in [0, 0.1) is 0 Å². The summed E-state index contributed by atoms with van der Waals surface area (Å²) >= 11 is 1.03. The number of nitrogens with zero attached hydrogens (tertiary/aromatic N) is 3. The van der Waals surface area contributed by atoms with E-state index in [-0.39, 0.29) is 42.3 Å². The fraction of sp³-hybridized carbons (Fsp3) is 0.211. The number of para-hydroxylation sites is 2. The van der Waals surface area contributed by atoms with E-state index in [4.69, 9.17) is 14.5 Å². The molecule has 0 unspecified atom stereocenters. The standard InChI is InChI=1S/C19H20N5O7PS/c1-33-19(26)21-9-8-20-17(25)16-18(24-15-5-3-2-4-14(15)23-16)30-11-12-6-7-13(10-22-12)31-32(27,28)29/h2-7,10H,8-9,11H2,1H3,(H,20,25)(H,21,26)(H2,27,28,29). The van der Waals surface area contributed by atoms with Gasteiger partial charge in [0.1, 0.15) is 12.4 Å². The van der Waals surface area contributed by atoms with E-state index in [0.29, 0.717) is 16.7 Å². The van der Waals surface area contributed by atoms with E-state index in [9.17, 15) is 14.2 Å². The van der Waals surface area contributed by atoms with Gasteiger partial charge in [-0.05, 0) is 30.5 Å². The van der Waals surface area contributed by atoms with Gasteiger partial charge in [-0.2, -0.15) is 0 Å². The van der Waals surface area contributed by atoms with Gasteiger partial charge in [0, 0.05) is 13.1 Å². The molecule has 1 aromatic carbocycles. The summed E-state index contributed by atoms with van der Waals surface area (Å²) in [5.74, 6) is -0.650. The molecule has 0 spiro atoms. The number of nitrogens with one attached hydrogen (secondary N) is 2. The zero-order valence-electron chi connectivity index (χ0n) is 17.3. The van der Waals surface area contributed by atoms with Crippen molar-refractivity contribution in [2.45, 2.75) is 6.61 Å². The zero-order valence-corrected chi connectivity index (χ0v) is 19.0.